The van der Waals surface area contributed by atoms with Gasteiger partial charge in [-0.25, -0.2) is 0 Å². The van der Waals surface area contributed by atoms with E-state index in [4.69, 9.17) is 10.3 Å². The Morgan fingerprint density at radius 2 is 1.72 bits per heavy atom. The molecule has 3 aromatic carbocycles. The molecule has 2 heterocycles. The number of carbonyl (C=O) groups is 3. The highest BCUT2D eigenvalue weighted by atomic mass is 35.5. The zero-order chi connectivity index (χ0) is 26.8. The first-order chi connectivity index (χ1) is 18.4. The zero-order valence-corrected chi connectivity index (χ0v) is 22.3. The number of hydrogen-bond donors (Lipinski definition) is 3. The molecule has 0 radical (unpaired) electrons. The summed E-state index contributed by atoms with van der Waals surface area (Å²) in [4.78, 5) is 43.7. The third-order valence-electron chi connectivity index (χ3n) is 6.70. The lowest BCUT2D eigenvalue weighted by Crippen LogP contribution is -2.55. The van der Waals surface area contributed by atoms with Gasteiger partial charge in [0, 0.05) is 16.6 Å². The standard InChI is InChI=1S/C28H28N6O4.ClH/c1-17(30-2)26(35)31-22-16-33(27(36)18-11-13-19(29)14-12-18)23-8-4-5-9-24(23)34(28(22)37)15-21-20-7-3-6-10-25(20)38-32-21;/h3-14,17,22,30H,15-16,29H2,1-2H3,(H,31,35);1H/t17-,22-;/m0./s1. The summed E-state index contributed by atoms with van der Waals surface area (Å²) in [7, 11) is 1.66. The van der Waals surface area contributed by atoms with Crippen LogP contribution >= 0.6 is 12.4 Å². The molecule has 4 aromatic rings. The van der Waals surface area contributed by atoms with E-state index < -0.39 is 12.1 Å². The van der Waals surface area contributed by atoms with Crippen LogP contribution in [0.3, 0.4) is 0 Å². The number of para-hydroxylation sites is 3. The van der Waals surface area contributed by atoms with Gasteiger partial charge >= 0.3 is 0 Å². The molecule has 0 spiro atoms. The number of nitrogens with one attached hydrogen (secondary N) is 2. The predicted octanol–water partition coefficient (Wildman–Crippen LogP) is 3.12. The third-order valence-corrected chi connectivity index (χ3v) is 6.70. The van der Waals surface area contributed by atoms with E-state index >= 15 is 0 Å². The van der Waals surface area contributed by atoms with Gasteiger partial charge in [0.2, 0.25) is 5.91 Å². The van der Waals surface area contributed by atoms with E-state index in [1.165, 1.54) is 4.90 Å². The molecule has 0 saturated heterocycles. The van der Waals surface area contributed by atoms with E-state index in [9.17, 15) is 14.4 Å². The maximum Gasteiger partial charge on any atom is 0.258 e. The lowest BCUT2D eigenvalue weighted by atomic mass is 10.1. The van der Waals surface area contributed by atoms with Crippen LogP contribution in [0.25, 0.3) is 11.0 Å². The number of hydrogen-bond acceptors (Lipinski definition) is 7. The average Bonchev–Trinajstić information content (AvgIpc) is 3.31. The summed E-state index contributed by atoms with van der Waals surface area (Å²) in [5.41, 5.74) is 8.99. The molecule has 1 aliphatic heterocycles. The number of benzene rings is 3. The number of fused-ring (bicyclic) bond motifs is 2. The monoisotopic (exact) mass is 548 g/mol. The largest absolute Gasteiger partial charge is 0.399 e. The Labute approximate surface area is 231 Å². The molecule has 10 nitrogen and oxygen atoms in total. The van der Waals surface area contributed by atoms with Crippen molar-refractivity contribution in [2.45, 2.75) is 25.6 Å². The Kier molecular flexibility index (Phi) is 8.18. The highest BCUT2D eigenvalue weighted by molar-refractivity contribution is 6.12. The summed E-state index contributed by atoms with van der Waals surface area (Å²) in [6, 6.07) is 19.6. The Morgan fingerprint density at radius 3 is 2.44 bits per heavy atom. The molecule has 1 aromatic heterocycles. The summed E-state index contributed by atoms with van der Waals surface area (Å²) in [6.07, 6.45) is 0. The molecule has 1 aliphatic rings. The van der Waals surface area contributed by atoms with Crippen molar-refractivity contribution in [2.75, 3.05) is 29.1 Å². The molecular weight excluding hydrogens is 520 g/mol. The van der Waals surface area contributed by atoms with Crippen LogP contribution in [0, 0.1) is 0 Å². The number of anilines is 3. The van der Waals surface area contributed by atoms with Crippen molar-refractivity contribution in [1.82, 2.24) is 15.8 Å². The number of aromatic nitrogens is 1. The average molecular weight is 549 g/mol. The summed E-state index contributed by atoms with van der Waals surface area (Å²) in [5.74, 6) is -1.04. The van der Waals surface area contributed by atoms with Gasteiger partial charge in [-0.1, -0.05) is 29.4 Å². The minimum atomic E-state index is -1.01. The smallest absolute Gasteiger partial charge is 0.258 e. The molecule has 0 fully saturated rings. The number of amides is 3. The van der Waals surface area contributed by atoms with E-state index in [1.807, 2.05) is 18.2 Å². The van der Waals surface area contributed by atoms with Crippen LogP contribution in [0.1, 0.15) is 23.0 Å². The van der Waals surface area contributed by atoms with E-state index in [1.54, 1.807) is 73.5 Å². The first-order valence-electron chi connectivity index (χ1n) is 12.3. The quantitative estimate of drug-likeness (QED) is 0.315. The normalized spacial score (nSPS) is 15.7. The minimum Gasteiger partial charge on any atom is -0.399 e. The third kappa shape index (κ3) is 5.43. The molecule has 5 rings (SSSR count). The van der Waals surface area contributed by atoms with E-state index in [2.05, 4.69) is 15.8 Å². The Morgan fingerprint density at radius 1 is 1.05 bits per heavy atom. The Hall–Kier alpha value is -4.41. The summed E-state index contributed by atoms with van der Waals surface area (Å²) < 4.78 is 5.47. The Bertz CT molecular complexity index is 1510. The molecule has 11 heteroatoms. The number of likely N-dealkylation sites (N-methyl/N-ethyl adjacent to an activating group) is 1. The highest BCUT2D eigenvalue weighted by Gasteiger charge is 2.38. The summed E-state index contributed by atoms with van der Waals surface area (Å²) in [6.45, 7) is 1.73. The second-order valence-corrected chi connectivity index (χ2v) is 9.15. The van der Waals surface area contributed by atoms with Crippen LogP contribution in [0.5, 0.6) is 0 Å². The highest BCUT2D eigenvalue weighted by Crippen LogP contribution is 2.35. The fourth-order valence-corrected chi connectivity index (χ4v) is 4.46. The van der Waals surface area contributed by atoms with Crippen LogP contribution in [-0.2, 0) is 16.1 Å². The number of rotatable bonds is 6. The maximum atomic E-state index is 14.0. The van der Waals surface area contributed by atoms with Gasteiger partial charge in [0.15, 0.2) is 5.58 Å². The molecule has 0 bridgehead atoms. The van der Waals surface area contributed by atoms with Gasteiger partial charge in [0.05, 0.1) is 30.5 Å². The van der Waals surface area contributed by atoms with Crippen LogP contribution in [0.4, 0.5) is 17.1 Å². The van der Waals surface area contributed by atoms with Crippen molar-refractivity contribution in [3.05, 3.63) is 84.1 Å². The van der Waals surface area contributed by atoms with Crippen molar-refractivity contribution in [3.63, 3.8) is 0 Å². The summed E-state index contributed by atoms with van der Waals surface area (Å²) >= 11 is 0. The van der Waals surface area contributed by atoms with E-state index in [-0.39, 0.29) is 43.2 Å². The maximum absolute atomic E-state index is 14.0. The molecule has 202 valence electrons. The first kappa shape index (κ1) is 27.6. The van der Waals surface area contributed by atoms with Crippen LogP contribution in [0.2, 0.25) is 0 Å². The Balaban J connectivity index is 0.00000353. The number of carbonyl (C=O) groups excluding carboxylic acids is 3. The van der Waals surface area contributed by atoms with Gasteiger partial charge < -0.3 is 30.7 Å². The fraction of sp³-hybridized carbons (Fsp3) is 0.214. The minimum absolute atomic E-state index is 0. The predicted molar refractivity (Wildman–Crippen MR) is 152 cm³/mol. The fourth-order valence-electron chi connectivity index (χ4n) is 4.46. The molecule has 0 unspecified atom stereocenters. The first-order valence-corrected chi connectivity index (χ1v) is 12.3. The van der Waals surface area contributed by atoms with Crippen LogP contribution in [0.15, 0.2) is 77.3 Å². The number of nitrogens with two attached hydrogens (primary N) is 1. The van der Waals surface area contributed by atoms with Crippen LogP contribution < -0.4 is 26.2 Å². The van der Waals surface area contributed by atoms with Crippen molar-refractivity contribution < 1.29 is 18.9 Å². The van der Waals surface area contributed by atoms with Crippen molar-refractivity contribution in [1.29, 1.82) is 0 Å². The molecular formula is C28H29ClN6O4. The van der Waals surface area contributed by atoms with Gasteiger partial charge in [0.25, 0.3) is 11.8 Å². The lowest BCUT2D eigenvalue weighted by molar-refractivity contribution is -0.128. The second kappa shape index (κ2) is 11.5. The topological polar surface area (TPSA) is 134 Å². The zero-order valence-electron chi connectivity index (χ0n) is 21.5. The molecule has 2 atom stereocenters. The lowest BCUT2D eigenvalue weighted by Gasteiger charge is -2.26. The molecule has 4 N–H and O–H groups in total. The van der Waals surface area contributed by atoms with Crippen LogP contribution in [-0.4, -0.2) is 48.6 Å². The van der Waals surface area contributed by atoms with Crippen molar-refractivity contribution in [2.24, 2.45) is 0 Å². The SMILES string of the molecule is CN[C@@H](C)C(=O)N[C@H]1CN(C(=O)c2ccc(N)cc2)c2ccccc2N(Cc2noc3ccccc23)C1=O.Cl. The van der Waals surface area contributed by atoms with Gasteiger partial charge in [-0.3, -0.25) is 14.4 Å². The molecule has 0 aliphatic carbocycles. The van der Waals surface area contributed by atoms with Gasteiger partial charge in [0.1, 0.15) is 11.7 Å². The number of nitrogens with zero attached hydrogens (tertiary/aromatic N) is 3. The van der Waals surface area contributed by atoms with Gasteiger partial charge in [-0.05, 0) is 62.5 Å². The van der Waals surface area contributed by atoms with Gasteiger partial charge in [-0.15, -0.1) is 12.4 Å². The van der Waals surface area contributed by atoms with Gasteiger partial charge in [-0.2, -0.15) is 0 Å². The molecule has 0 saturated carbocycles. The molecule has 3 amide bonds. The summed E-state index contributed by atoms with van der Waals surface area (Å²) in [5, 5.41) is 10.7. The van der Waals surface area contributed by atoms with E-state index in [0.29, 0.717) is 33.9 Å². The number of nitrogen functional groups attached to an aromatic ring is 1. The molecule has 39 heavy (non-hydrogen) atoms. The van der Waals surface area contributed by atoms with Crippen molar-refractivity contribution in [3.8, 4) is 0 Å². The second-order valence-electron chi connectivity index (χ2n) is 9.15. The van der Waals surface area contributed by atoms with E-state index in [0.717, 1.165) is 5.39 Å². The number of halogens is 1. The van der Waals surface area contributed by atoms with Crippen molar-refractivity contribution >= 4 is 58.2 Å².